The highest BCUT2D eigenvalue weighted by Gasteiger charge is 2.23. The van der Waals surface area contributed by atoms with Crippen molar-refractivity contribution in [1.82, 2.24) is 14.8 Å². The minimum atomic E-state index is 0.486. The lowest BCUT2D eigenvalue weighted by molar-refractivity contribution is 0.369. The van der Waals surface area contributed by atoms with Crippen LogP contribution in [0.3, 0.4) is 0 Å². The summed E-state index contributed by atoms with van der Waals surface area (Å²) in [4.78, 5) is 0. The van der Waals surface area contributed by atoms with Crippen molar-refractivity contribution in [3.8, 4) is 12.3 Å². The van der Waals surface area contributed by atoms with Gasteiger partial charge in [0.1, 0.15) is 12.2 Å². The molecule has 1 fully saturated rings. The number of aromatic nitrogens is 3. The Kier molecular flexibility index (Phi) is 2.53. The van der Waals surface area contributed by atoms with Gasteiger partial charge in [-0.15, -0.1) is 22.5 Å². The zero-order valence-electron chi connectivity index (χ0n) is 8.48. The molecule has 1 heterocycles. The third-order valence-corrected chi connectivity index (χ3v) is 3.07. The number of terminal acetylenes is 1. The lowest BCUT2D eigenvalue weighted by Gasteiger charge is -2.24. The molecule has 0 aromatic carbocycles. The van der Waals surface area contributed by atoms with Gasteiger partial charge in [-0.2, -0.15) is 0 Å². The Morgan fingerprint density at radius 1 is 1.43 bits per heavy atom. The number of nitrogens with zero attached hydrogens (tertiary/aromatic N) is 3. The summed E-state index contributed by atoms with van der Waals surface area (Å²) in [7, 11) is 2.00. The second-order valence-corrected chi connectivity index (χ2v) is 4.02. The van der Waals surface area contributed by atoms with E-state index in [9.17, 15) is 0 Å². The van der Waals surface area contributed by atoms with Gasteiger partial charge in [0.2, 0.25) is 0 Å². The first-order valence-electron chi connectivity index (χ1n) is 5.11. The second-order valence-electron chi connectivity index (χ2n) is 4.02. The van der Waals surface area contributed by atoms with Crippen LogP contribution in [-0.2, 0) is 7.05 Å². The fourth-order valence-electron chi connectivity index (χ4n) is 2.18. The highest BCUT2D eigenvalue weighted by molar-refractivity contribution is 5.02. The largest absolute Gasteiger partial charge is 0.320 e. The van der Waals surface area contributed by atoms with Gasteiger partial charge in [0.05, 0.1) is 0 Å². The van der Waals surface area contributed by atoms with Crippen LogP contribution in [-0.4, -0.2) is 14.8 Å². The minimum Gasteiger partial charge on any atom is -0.320 e. The first-order valence-corrected chi connectivity index (χ1v) is 5.11. The molecule has 74 valence electrons. The van der Waals surface area contributed by atoms with Crippen molar-refractivity contribution in [2.45, 2.75) is 31.6 Å². The molecule has 14 heavy (non-hydrogen) atoms. The van der Waals surface area contributed by atoms with Crippen LogP contribution in [0.4, 0.5) is 0 Å². The molecule has 0 N–H and O–H groups in total. The summed E-state index contributed by atoms with van der Waals surface area (Å²) < 4.78 is 2.01. The highest BCUT2D eigenvalue weighted by Crippen LogP contribution is 2.34. The maximum Gasteiger partial charge on any atom is 0.135 e. The summed E-state index contributed by atoms with van der Waals surface area (Å²) in [5.74, 6) is 5.00. The number of rotatable bonds is 1. The summed E-state index contributed by atoms with van der Waals surface area (Å²) in [6.07, 6.45) is 11.8. The van der Waals surface area contributed by atoms with Gasteiger partial charge < -0.3 is 4.57 Å². The standard InChI is InChI=1S/C11H15N3/c1-3-9-4-6-10(7-5-9)11-13-12-8-14(11)2/h1,8-10H,4-7H2,2H3. The fraction of sp³-hybridized carbons (Fsp3) is 0.636. The summed E-state index contributed by atoms with van der Waals surface area (Å²) in [5.41, 5.74) is 0. The van der Waals surface area contributed by atoms with Crippen LogP contribution < -0.4 is 0 Å². The molecule has 3 heteroatoms. The third-order valence-electron chi connectivity index (χ3n) is 3.07. The molecule has 0 aliphatic heterocycles. The van der Waals surface area contributed by atoms with Crippen molar-refractivity contribution < 1.29 is 0 Å². The van der Waals surface area contributed by atoms with Crippen LogP contribution in [0, 0.1) is 18.3 Å². The van der Waals surface area contributed by atoms with Crippen molar-refractivity contribution in [3.05, 3.63) is 12.2 Å². The Morgan fingerprint density at radius 2 is 2.14 bits per heavy atom. The van der Waals surface area contributed by atoms with Gasteiger partial charge in [-0.3, -0.25) is 0 Å². The summed E-state index contributed by atoms with van der Waals surface area (Å²) >= 11 is 0. The molecule has 1 aliphatic carbocycles. The number of aryl methyl sites for hydroxylation is 1. The lowest BCUT2D eigenvalue weighted by atomic mass is 9.82. The van der Waals surface area contributed by atoms with Gasteiger partial charge in [0.15, 0.2) is 0 Å². The van der Waals surface area contributed by atoms with E-state index < -0.39 is 0 Å². The zero-order valence-corrected chi connectivity index (χ0v) is 8.48. The molecule has 1 saturated carbocycles. The molecule has 1 aliphatic rings. The van der Waals surface area contributed by atoms with E-state index in [1.165, 1.54) is 0 Å². The highest BCUT2D eigenvalue weighted by atomic mass is 15.2. The van der Waals surface area contributed by atoms with Gasteiger partial charge in [-0.05, 0) is 25.7 Å². The van der Waals surface area contributed by atoms with Crippen molar-refractivity contribution in [1.29, 1.82) is 0 Å². The van der Waals surface area contributed by atoms with Crippen LogP contribution in [0.5, 0.6) is 0 Å². The van der Waals surface area contributed by atoms with E-state index in [4.69, 9.17) is 6.42 Å². The lowest BCUT2D eigenvalue weighted by Crippen LogP contribution is -2.15. The average Bonchev–Trinajstić information content (AvgIpc) is 2.65. The molecule has 3 nitrogen and oxygen atoms in total. The number of hydrogen-bond donors (Lipinski definition) is 0. The molecule has 0 atom stereocenters. The summed E-state index contributed by atoms with van der Waals surface area (Å²) in [5, 5.41) is 8.06. The van der Waals surface area contributed by atoms with Crippen LogP contribution >= 0.6 is 0 Å². The topological polar surface area (TPSA) is 30.7 Å². The van der Waals surface area contributed by atoms with Gasteiger partial charge in [0.25, 0.3) is 0 Å². The second kappa shape index (κ2) is 3.83. The SMILES string of the molecule is C#CC1CCC(c2nncn2C)CC1. The van der Waals surface area contributed by atoms with Crippen LogP contribution in [0.2, 0.25) is 0 Å². The van der Waals surface area contributed by atoms with Crippen molar-refractivity contribution in [2.75, 3.05) is 0 Å². The molecule has 0 spiro atoms. The molecular formula is C11H15N3. The summed E-state index contributed by atoms with van der Waals surface area (Å²) in [6.45, 7) is 0. The molecule has 0 unspecified atom stereocenters. The summed E-state index contributed by atoms with van der Waals surface area (Å²) in [6, 6.07) is 0. The molecular weight excluding hydrogens is 174 g/mol. The first kappa shape index (κ1) is 9.26. The average molecular weight is 189 g/mol. The van der Waals surface area contributed by atoms with E-state index in [-0.39, 0.29) is 0 Å². The van der Waals surface area contributed by atoms with Crippen molar-refractivity contribution in [3.63, 3.8) is 0 Å². The molecule has 0 amide bonds. The third kappa shape index (κ3) is 1.65. The van der Waals surface area contributed by atoms with Crippen molar-refractivity contribution in [2.24, 2.45) is 13.0 Å². The van der Waals surface area contributed by atoms with Gasteiger partial charge >= 0.3 is 0 Å². The molecule has 1 aromatic rings. The predicted octanol–water partition coefficient (Wildman–Crippen LogP) is 1.72. The van der Waals surface area contributed by atoms with Crippen LogP contribution in [0.25, 0.3) is 0 Å². The zero-order chi connectivity index (χ0) is 9.97. The molecule has 0 bridgehead atoms. The van der Waals surface area contributed by atoms with E-state index in [0.717, 1.165) is 31.5 Å². The fourth-order valence-corrected chi connectivity index (χ4v) is 2.18. The maximum absolute atomic E-state index is 5.41. The normalized spacial score (nSPS) is 27.1. The van der Waals surface area contributed by atoms with E-state index in [1.54, 1.807) is 6.33 Å². The van der Waals surface area contributed by atoms with E-state index in [1.807, 2.05) is 11.6 Å². The Labute approximate surface area is 84.5 Å². The van der Waals surface area contributed by atoms with Crippen LogP contribution in [0.1, 0.15) is 37.4 Å². The Bertz CT molecular complexity index is 340. The molecule has 0 radical (unpaired) electrons. The Morgan fingerprint density at radius 3 is 2.64 bits per heavy atom. The van der Waals surface area contributed by atoms with Gasteiger partial charge in [-0.25, -0.2) is 0 Å². The molecule has 2 rings (SSSR count). The maximum atomic E-state index is 5.41. The quantitative estimate of drug-likeness (QED) is 0.630. The Balaban J connectivity index is 2.03. The van der Waals surface area contributed by atoms with Gasteiger partial charge in [-0.1, -0.05) is 0 Å². The molecule has 1 aromatic heterocycles. The first-order chi connectivity index (χ1) is 6.81. The van der Waals surface area contributed by atoms with E-state index in [2.05, 4.69) is 16.1 Å². The monoisotopic (exact) mass is 189 g/mol. The predicted molar refractivity (Wildman–Crippen MR) is 54.5 cm³/mol. The molecule has 0 saturated heterocycles. The van der Waals surface area contributed by atoms with E-state index in [0.29, 0.717) is 11.8 Å². The Hall–Kier alpha value is -1.30. The van der Waals surface area contributed by atoms with E-state index >= 15 is 0 Å². The minimum absolute atomic E-state index is 0.486. The van der Waals surface area contributed by atoms with Gasteiger partial charge in [0, 0.05) is 18.9 Å². The van der Waals surface area contributed by atoms with Crippen LogP contribution in [0.15, 0.2) is 6.33 Å². The smallest absolute Gasteiger partial charge is 0.135 e. The number of hydrogen-bond acceptors (Lipinski definition) is 2. The van der Waals surface area contributed by atoms with Crippen molar-refractivity contribution >= 4 is 0 Å².